The standard InChI is InChI=1S/C13H11FN2O3/c1-19-13(18)12-6-10(14)3-2-9(12)7-16-5-4-11(8-17)15-16/h2-6,8H,7H2,1H3. The first-order valence-electron chi connectivity index (χ1n) is 5.49. The summed E-state index contributed by atoms with van der Waals surface area (Å²) >= 11 is 0. The van der Waals surface area contributed by atoms with E-state index in [0.29, 0.717) is 17.5 Å². The predicted octanol–water partition coefficient (Wildman–Crippen LogP) is 1.67. The van der Waals surface area contributed by atoms with Gasteiger partial charge >= 0.3 is 5.97 Å². The normalized spacial score (nSPS) is 10.2. The Labute approximate surface area is 108 Å². The van der Waals surface area contributed by atoms with Gasteiger partial charge in [-0.2, -0.15) is 5.10 Å². The van der Waals surface area contributed by atoms with Crippen LogP contribution in [0.5, 0.6) is 0 Å². The Morgan fingerprint density at radius 1 is 1.47 bits per heavy atom. The number of ether oxygens (including phenoxy) is 1. The molecule has 0 spiro atoms. The van der Waals surface area contributed by atoms with Crippen molar-refractivity contribution in [2.24, 2.45) is 0 Å². The molecule has 1 aromatic heterocycles. The third kappa shape index (κ3) is 2.85. The SMILES string of the molecule is COC(=O)c1cc(F)ccc1Cn1ccc(C=O)n1. The number of aromatic nitrogens is 2. The monoisotopic (exact) mass is 262 g/mol. The van der Waals surface area contributed by atoms with Crippen LogP contribution in [0, 0.1) is 5.82 Å². The highest BCUT2D eigenvalue weighted by Crippen LogP contribution is 2.14. The zero-order valence-electron chi connectivity index (χ0n) is 10.2. The number of rotatable bonds is 4. The van der Waals surface area contributed by atoms with Crippen molar-refractivity contribution in [2.75, 3.05) is 7.11 Å². The minimum Gasteiger partial charge on any atom is -0.465 e. The van der Waals surface area contributed by atoms with Crippen molar-refractivity contribution in [3.05, 3.63) is 53.1 Å². The van der Waals surface area contributed by atoms with Crippen LogP contribution in [0.25, 0.3) is 0 Å². The first kappa shape index (κ1) is 12.9. The minimum atomic E-state index is -0.614. The molecule has 0 bridgehead atoms. The third-order valence-electron chi connectivity index (χ3n) is 2.59. The van der Waals surface area contributed by atoms with Crippen LogP contribution in [0.2, 0.25) is 0 Å². The lowest BCUT2D eigenvalue weighted by atomic mass is 10.1. The molecule has 98 valence electrons. The van der Waals surface area contributed by atoms with Crippen molar-refractivity contribution < 1.29 is 18.7 Å². The van der Waals surface area contributed by atoms with Gasteiger partial charge in [-0.1, -0.05) is 6.07 Å². The smallest absolute Gasteiger partial charge is 0.338 e. The van der Waals surface area contributed by atoms with Gasteiger partial charge in [0.1, 0.15) is 11.5 Å². The van der Waals surface area contributed by atoms with Gasteiger partial charge in [-0.05, 0) is 23.8 Å². The second-order valence-electron chi connectivity index (χ2n) is 3.85. The van der Waals surface area contributed by atoms with Crippen molar-refractivity contribution in [3.8, 4) is 0 Å². The van der Waals surface area contributed by atoms with Gasteiger partial charge in [0.15, 0.2) is 6.29 Å². The summed E-state index contributed by atoms with van der Waals surface area (Å²) in [7, 11) is 1.23. The van der Waals surface area contributed by atoms with Gasteiger partial charge < -0.3 is 4.74 Å². The van der Waals surface area contributed by atoms with Crippen LogP contribution in [-0.4, -0.2) is 29.1 Å². The molecule has 5 nitrogen and oxygen atoms in total. The predicted molar refractivity (Wildman–Crippen MR) is 64.5 cm³/mol. The molecule has 19 heavy (non-hydrogen) atoms. The Balaban J connectivity index is 2.33. The maximum atomic E-state index is 13.2. The maximum Gasteiger partial charge on any atom is 0.338 e. The molecule has 1 heterocycles. The van der Waals surface area contributed by atoms with Crippen molar-refractivity contribution >= 4 is 12.3 Å². The molecule has 0 atom stereocenters. The number of aldehydes is 1. The second-order valence-corrected chi connectivity index (χ2v) is 3.85. The number of esters is 1. The summed E-state index contributed by atoms with van der Waals surface area (Å²) in [5.41, 5.74) is 1.00. The summed E-state index contributed by atoms with van der Waals surface area (Å²) in [5.74, 6) is -1.13. The van der Waals surface area contributed by atoms with E-state index in [1.165, 1.54) is 23.9 Å². The van der Waals surface area contributed by atoms with E-state index in [0.717, 1.165) is 6.07 Å². The van der Waals surface area contributed by atoms with Gasteiger partial charge in [0, 0.05) is 6.20 Å². The minimum absolute atomic E-state index is 0.144. The number of carbonyl (C=O) groups is 2. The highest BCUT2D eigenvalue weighted by Gasteiger charge is 2.13. The van der Waals surface area contributed by atoms with Gasteiger partial charge in [-0.25, -0.2) is 9.18 Å². The molecule has 0 aliphatic heterocycles. The number of nitrogens with zero attached hydrogens (tertiary/aromatic N) is 2. The van der Waals surface area contributed by atoms with E-state index in [-0.39, 0.29) is 12.1 Å². The third-order valence-corrected chi connectivity index (χ3v) is 2.59. The summed E-state index contributed by atoms with van der Waals surface area (Å²) in [5, 5.41) is 3.98. The summed E-state index contributed by atoms with van der Waals surface area (Å²) in [6.45, 7) is 0.249. The molecule has 0 aliphatic rings. The number of carbonyl (C=O) groups excluding carboxylic acids is 2. The van der Waals surface area contributed by atoms with Crippen molar-refractivity contribution in [1.82, 2.24) is 9.78 Å². The van der Waals surface area contributed by atoms with E-state index in [1.54, 1.807) is 12.3 Å². The molecule has 0 fully saturated rings. The van der Waals surface area contributed by atoms with Gasteiger partial charge in [0.25, 0.3) is 0 Å². The topological polar surface area (TPSA) is 61.2 Å². The summed E-state index contributed by atoms with van der Waals surface area (Å²) in [4.78, 5) is 22.1. The van der Waals surface area contributed by atoms with E-state index >= 15 is 0 Å². The Morgan fingerprint density at radius 2 is 2.26 bits per heavy atom. The Morgan fingerprint density at radius 3 is 2.89 bits per heavy atom. The zero-order chi connectivity index (χ0) is 13.8. The lowest BCUT2D eigenvalue weighted by Crippen LogP contribution is -2.10. The van der Waals surface area contributed by atoms with Crippen LogP contribution in [0.3, 0.4) is 0 Å². The van der Waals surface area contributed by atoms with E-state index in [4.69, 9.17) is 0 Å². The fraction of sp³-hybridized carbons (Fsp3) is 0.154. The molecular weight excluding hydrogens is 251 g/mol. The Kier molecular flexibility index (Phi) is 3.70. The van der Waals surface area contributed by atoms with Gasteiger partial charge in [0.05, 0.1) is 19.2 Å². The van der Waals surface area contributed by atoms with Crippen molar-refractivity contribution in [3.63, 3.8) is 0 Å². The summed E-state index contributed by atoms with van der Waals surface area (Å²) < 4.78 is 19.3. The van der Waals surface area contributed by atoms with Crippen molar-refractivity contribution in [1.29, 1.82) is 0 Å². The molecule has 0 aliphatic carbocycles. The molecule has 0 N–H and O–H groups in total. The molecule has 0 saturated carbocycles. The van der Waals surface area contributed by atoms with E-state index in [1.807, 2.05) is 0 Å². The van der Waals surface area contributed by atoms with Crippen LogP contribution in [0.15, 0.2) is 30.5 Å². The highest BCUT2D eigenvalue weighted by atomic mass is 19.1. The van der Waals surface area contributed by atoms with Crippen LogP contribution >= 0.6 is 0 Å². The maximum absolute atomic E-state index is 13.2. The van der Waals surface area contributed by atoms with Crippen LogP contribution in [-0.2, 0) is 11.3 Å². The molecular formula is C13H11FN2O3. The lowest BCUT2D eigenvalue weighted by molar-refractivity contribution is 0.0598. The van der Waals surface area contributed by atoms with Gasteiger partial charge in [0.2, 0.25) is 0 Å². The van der Waals surface area contributed by atoms with E-state index < -0.39 is 11.8 Å². The van der Waals surface area contributed by atoms with Crippen LogP contribution in [0.4, 0.5) is 4.39 Å². The number of methoxy groups -OCH3 is 1. The molecule has 0 unspecified atom stereocenters. The fourth-order valence-electron chi connectivity index (χ4n) is 1.69. The van der Waals surface area contributed by atoms with Crippen molar-refractivity contribution in [2.45, 2.75) is 6.54 Å². The number of benzene rings is 1. The lowest BCUT2D eigenvalue weighted by Gasteiger charge is -2.08. The molecule has 6 heteroatoms. The van der Waals surface area contributed by atoms with Crippen LogP contribution < -0.4 is 0 Å². The number of halogens is 1. The average Bonchev–Trinajstić information content (AvgIpc) is 2.87. The van der Waals surface area contributed by atoms with E-state index in [9.17, 15) is 14.0 Å². The zero-order valence-corrected chi connectivity index (χ0v) is 10.2. The quantitative estimate of drug-likeness (QED) is 0.621. The Bertz CT molecular complexity index is 622. The molecule has 0 saturated heterocycles. The van der Waals surface area contributed by atoms with Gasteiger partial charge in [-0.15, -0.1) is 0 Å². The molecule has 2 aromatic rings. The van der Waals surface area contributed by atoms with Crippen LogP contribution in [0.1, 0.15) is 26.4 Å². The Hall–Kier alpha value is -2.50. The molecule has 1 aromatic carbocycles. The number of hydrogen-bond donors (Lipinski definition) is 0. The fourth-order valence-corrected chi connectivity index (χ4v) is 1.69. The summed E-state index contributed by atoms with van der Waals surface area (Å²) in [6, 6.07) is 5.41. The molecule has 0 radical (unpaired) electrons. The largest absolute Gasteiger partial charge is 0.465 e. The first-order chi connectivity index (χ1) is 9.13. The van der Waals surface area contributed by atoms with E-state index in [2.05, 4.69) is 9.84 Å². The highest BCUT2D eigenvalue weighted by molar-refractivity contribution is 5.91. The number of hydrogen-bond acceptors (Lipinski definition) is 4. The first-order valence-corrected chi connectivity index (χ1v) is 5.49. The molecule has 0 amide bonds. The second kappa shape index (κ2) is 5.43. The molecule has 2 rings (SSSR count). The summed E-state index contributed by atoms with van der Waals surface area (Å²) in [6.07, 6.45) is 2.23. The van der Waals surface area contributed by atoms with Gasteiger partial charge in [-0.3, -0.25) is 9.48 Å². The average molecular weight is 262 g/mol.